The van der Waals surface area contributed by atoms with Gasteiger partial charge in [0.05, 0.1) is 42.6 Å². The number of sulfone groups is 1. The first-order chi connectivity index (χ1) is 29.4. The van der Waals surface area contributed by atoms with Crippen LogP contribution < -0.4 is 19.7 Å². The lowest BCUT2D eigenvalue weighted by Gasteiger charge is -2.43. The van der Waals surface area contributed by atoms with Crippen LogP contribution in [0.5, 0.6) is 11.5 Å². The van der Waals surface area contributed by atoms with Crippen LogP contribution in [-0.2, 0) is 19.4 Å². The number of carbonyl (C=O) groups excluding carboxylic acids is 4. The molecule has 5 heterocycles. The van der Waals surface area contributed by atoms with E-state index in [0.717, 1.165) is 93.8 Å². The van der Waals surface area contributed by atoms with Crippen LogP contribution in [0.1, 0.15) is 114 Å². The van der Waals surface area contributed by atoms with Crippen molar-refractivity contribution in [3.63, 3.8) is 0 Å². The van der Waals surface area contributed by atoms with Gasteiger partial charge in [-0.1, -0.05) is 24.3 Å². The van der Waals surface area contributed by atoms with Crippen molar-refractivity contribution in [1.29, 1.82) is 0 Å². The standard InChI is InChI=1S/C47H59N5O8S/c1-4-60-43-28-35(8-13-42(43)59-2)41(30-61(3,57)58)52-46(55)39-11-7-34(27-40(39)47(52)56)32-17-21-49(22-18-32)29-31-15-23-50(24-16-31)37-19-25-51(26-20-37)36-9-5-33(6-10-36)38-12-14-44(53)48-45(38)54/h5-11,13,27-28,31-32,37-38,41H,4,12,14-26,29-30H2,1-3H3,(H,48,53,54)/t38?,41-/m1/s1. The van der Waals surface area contributed by atoms with Gasteiger partial charge < -0.3 is 24.2 Å². The van der Waals surface area contributed by atoms with E-state index in [-0.39, 0.29) is 23.7 Å². The fourth-order valence-electron chi connectivity index (χ4n) is 10.3. The number of amides is 4. The Hall–Kier alpha value is -4.79. The number of anilines is 1. The highest BCUT2D eigenvalue weighted by Crippen LogP contribution is 2.39. The minimum Gasteiger partial charge on any atom is -0.493 e. The van der Waals surface area contributed by atoms with E-state index in [1.54, 1.807) is 24.3 Å². The SMILES string of the molecule is CCOc1cc([C@@H](CS(C)(=O)=O)N2C(=O)c3ccc(C4CCN(CC5CCN(C6CCN(c7ccc(C8CCC(=O)NC8=O)cc7)CC6)CC5)CC4)cc3C2=O)ccc1OC. The van der Waals surface area contributed by atoms with Crippen molar-refractivity contribution in [3.8, 4) is 11.5 Å². The van der Waals surface area contributed by atoms with E-state index in [1.807, 2.05) is 31.2 Å². The van der Waals surface area contributed by atoms with Crippen molar-refractivity contribution in [2.45, 2.75) is 82.2 Å². The number of fused-ring (bicyclic) bond motifs is 1. The molecule has 0 saturated carbocycles. The molecular weight excluding hydrogens is 795 g/mol. The molecule has 1 unspecified atom stereocenters. The van der Waals surface area contributed by atoms with Crippen LogP contribution in [0, 0.1) is 5.92 Å². The Morgan fingerprint density at radius 3 is 2.10 bits per heavy atom. The van der Waals surface area contributed by atoms with Gasteiger partial charge in [0.2, 0.25) is 11.8 Å². The Morgan fingerprint density at radius 2 is 1.44 bits per heavy atom. The Labute approximate surface area is 359 Å². The summed E-state index contributed by atoms with van der Waals surface area (Å²) in [5.74, 6) is -0.151. The molecule has 4 amide bonds. The van der Waals surface area contributed by atoms with Gasteiger partial charge in [-0.3, -0.25) is 29.4 Å². The fraction of sp³-hybridized carbons (Fsp3) is 0.532. The number of likely N-dealkylation sites (tertiary alicyclic amines) is 2. The minimum atomic E-state index is -3.59. The molecule has 0 aromatic heterocycles. The van der Waals surface area contributed by atoms with Crippen LogP contribution in [0.15, 0.2) is 60.7 Å². The summed E-state index contributed by atoms with van der Waals surface area (Å²) in [6.07, 6.45) is 8.74. The number of ether oxygens (including phenoxy) is 2. The van der Waals surface area contributed by atoms with Crippen molar-refractivity contribution in [3.05, 3.63) is 88.5 Å². The maximum Gasteiger partial charge on any atom is 0.262 e. The van der Waals surface area contributed by atoms with Crippen LogP contribution in [0.4, 0.5) is 5.69 Å². The number of piperidine rings is 4. The third-order valence-corrected chi connectivity index (χ3v) is 14.6. The monoisotopic (exact) mass is 853 g/mol. The lowest BCUT2D eigenvalue weighted by Crippen LogP contribution is -2.49. The van der Waals surface area contributed by atoms with Gasteiger partial charge in [-0.15, -0.1) is 0 Å². The number of nitrogens with zero attached hydrogens (tertiary/aromatic N) is 4. The number of carbonyl (C=O) groups is 4. The van der Waals surface area contributed by atoms with Gasteiger partial charge >= 0.3 is 0 Å². The molecule has 0 radical (unpaired) electrons. The first kappa shape index (κ1) is 42.9. The molecule has 326 valence electrons. The molecule has 0 aliphatic carbocycles. The molecule has 61 heavy (non-hydrogen) atoms. The van der Waals surface area contributed by atoms with Crippen molar-refractivity contribution >= 4 is 39.2 Å². The van der Waals surface area contributed by atoms with Gasteiger partial charge in [-0.2, -0.15) is 0 Å². The molecule has 4 saturated heterocycles. The van der Waals surface area contributed by atoms with E-state index in [9.17, 15) is 27.6 Å². The first-order valence-electron chi connectivity index (χ1n) is 22.0. The van der Waals surface area contributed by atoms with E-state index < -0.39 is 33.4 Å². The lowest BCUT2D eigenvalue weighted by molar-refractivity contribution is -0.134. The normalized spacial score (nSPS) is 22.0. The predicted octanol–water partition coefficient (Wildman–Crippen LogP) is 5.56. The third kappa shape index (κ3) is 9.51. The molecule has 5 aliphatic rings. The average molecular weight is 854 g/mol. The van der Waals surface area contributed by atoms with Gasteiger partial charge in [-0.25, -0.2) is 8.42 Å². The molecule has 3 aromatic carbocycles. The molecular formula is C47H59N5O8S. The highest BCUT2D eigenvalue weighted by molar-refractivity contribution is 7.90. The highest BCUT2D eigenvalue weighted by Gasteiger charge is 2.43. The molecule has 0 bridgehead atoms. The van der Waals surface area contributed by atoms with Gasteiger partial charge in [0, 0.05) is 44.0 Å². The molecule has 5 aliphatic heterocycles. The second-order valence-corrected chi connectivity index (χ2v) is 19.8. The van der Waals surface area contributed by atoms with Gasteiger partial charge in [0.25, 0.3) is 11.8 Å². The maximum absolute atomic E-state index is 14.0. The van der Waals surface area contributed by atoms with Gasteiger partial charge in [0.1, 0.15) is 9.84 Å². The smallest absolute Gasteiger partial charge is 0.262 e. The summed E-state index contributed by atoms with van der Waals surface area (Å²) in [7, 11) is -2.07. The average Bonchev–Trinajstić information content (AvgIpc) is 3.51. The van der Waals surface area contributed by atoms with Gasteiger partial charge in [0.15, 0.2) is 11.5 Å². The Balaban J connectivity index is 0.809. The largest absolute Gasteiger partial charge is 0.493 e. The number of nitrogens with one attached hydrogen (secondary N) is 1. The molecule has 1 N–H and O–H groups in total. The Kier molecular flexibility index (Phi) is 12.9. The topological polar surface area (TPSA) is 146 Å². The Morgan fingerprint density at radius 1 is 0.754 bits per heavy atom. The Bertz CT molecular complexity index is 2220. The number of methoxy groups -OCH3 is 1. The zero-order chi connectivity index (χ0) is 42.8. The minimum absolute atomic E-state index is 0.184. The van der Waals surface area contributed by atoms with Crippen molar-refractivity contribution in [2.75, 3.05) is 76.4 Å². The van der Waals surface area contributed by atoms with Gasteiger partial charge in [-0.05, 0) is 143 Å². The maximum atomic E-state index is 14.0. The van der Waals surface area contributed by atoms with Crippen LogP contribution >= 0.6 is 0 Å². The fourth-order valence-corrected chi connectivity index (χ4v) is 11.2. The number of hydrogen-bond donors (Lipinski definition) is 1. The number of hydrogen-bond acceptors (Lipinski definition) is 11. The molecule has 4 fully saturated rings. The first-order valence-corrected chi connectivity index (χ1v) is 24.1. The van der Waals surface area contributed by atoms with Crippen LogP contribution in [0.3, 0.4) is 0 Å². The zero-order valence-corrected chi connectivity index (χ0v) is 36.5. The number of rotatable bonds is 13. The lowest BCUT2D eigenvalue weighted by atomic mass is 9.87. The zero-order valence-electron chi connectivity index (χ0n) is 35.6. The molecule has 8 rings (SSSR count). The number of benzene rings is 3. The summed E-state index contributed by atoms with van der Waals surface area (Å²) in [6.45, 7) is 9.61. The summed E-state index contributed by atoms with van der Waals surface area (Å²) >= 11 is 0. The van der Waals surface area contributed by atoms with Crippen molar-refractivity contribution in [2.24, 2.45) is 5.92 Å². The van der Waals surface area contributed by atoms with Crippen LogP contribution in [0.25, 0.3) is 0 Å². The van der Waals surface area contributed by atoms with E-state index in [2.05, 4.69) is 32.1 Å². The molecule has 3 aromatic rings. The summed E-state index contributed by atoms with van der Waals surface area (Å²) < 4.78 is 36.5. The van der Waals surface area contributed by atoms with Crippen molar-refractivity contribution in [1.82, 2.24) is 20.0 Å². The predicted molar refractivity (Wildman–Crippen MR) is 233 cm³/mol. The third-order valence-electron chi connectivity index (χ3n) is 13.7. The van der Waals surface area contributed by atoms with Crippen LogP contribution in [0.2, 0.25) is 0 Å². The van der Waals surface area contributed by atoms with E-state index >= 15 is 0 Å². The van der Waals surface area contributed by atoms with Crippen LogP contribution in [-0.4, -0.2) is 124 Å². The van der Waals surface area contributed by atoms with Crippen molar-refractivity contribution < 1.29 is 37.1 Å². The molecule has 2 atom stereocenters. The molecule has 14 heteroatoms. The van der Waals surface area contributed by atoms with E-state index in [1.165, 1.54) is 25.6 Å². The molecule has 0 spiro atoms. The molecule has 13 nitrogen and oxygen atoms in total. The summed E-state index contributed by atoms with van der Waals surface area (Å²) in [5.41, 5.74) is 4.34. The quantitative estimate of drug-likeness (QED) is 0.216. The van der Waals surface area contributed by atoms with E-state index in [0.29, 0.717) is 59.6 Å². The number of imide groups is 2. The van der Waals surface area contributed by atoms with E-state index in [4.69, 9.17) is 9.47 Å². The summed E-state index contributed by atoms with van der Waals surface area (Å²) in [4.78, 5) is 60.6. The second-order valence-electron chi connectivity index (χ2n) is 17.6. The summed E-state index contributed by atoms with van der Waals surface area (Å²) in [6, 6.07) is 18.5. The summed E-state index contributed by atoms with van der Waals surface area (Å²) in [5, 5.41) is 2.47. The highest BCUT2D eigenvalue weighted by atomic mass is 32.2. The second kappa shape index (κ2) is 18.3.